The number of rotatable bonds is 4. The Bertz CT molecular complexity index is 1150. The van der Waals surface area contributed by atoms with Crippen LogP contribution in [0.1, 0.15) is 5.56 Å². The van der Waals surface area contributed by atoms with Crippen molar-refractivity contribution in [3.63, 3.8) is 0 Å². The number of sulfonamides is 1. The summed E-state index contributed by atoms with van der Waals surface area (Å²) >= 11 is 0. The summed E-state index contributed by atoms with van der Waals surface area (Å²) in [5.74, 6) is 1.75. The zero-order valence-electron chi connectivity index (χ0n) is 14.8. The first kappa shape index (κ1) is 16.9. The number of benzene rings is 2. The molecular weight excluding hydrogens is 378 g/mol. The van der Waals surface area contributed by atoms with Crippen molar-refractivity contribution >= 4 is 27.2 Å². The van der Waals surface area contributed by atoms with Crippen LogP contribution in [-0.4, -0.2) is 26.7 Å². The van der Waals surface area contributed by atoms with Crippen LogP contribution in [0.4, 0.5) is 17.2 Å². The molecule has 7 nitrogen and oxygen atoms in total. The molecule has 0 amide bonds. The largest absolute Gasteiger partial charge is 0.454 e. The standard InChI is InChI=1S/C20H17N3O4S/c24-28(25,16-6-7-18-19(11-16)27-13-26-18)22-15-5-8-20(21-12-15)23-10-9-14-3-1-2-4-17(14)23/h1-8,11-12,22H,9-10,13H2. The number of pyridine rings is 1. The third kappa shape index (κ3) is 2.91. The summed E-state index contributed by atoms with van der Waals surface area (Å²) < 4.78 is 38.4. The van der Waals surface area contributed by atoms with Crippen molar-refractivity contribution in [3.8, 4) is 11.5 Å². The third-order valence-electron chi connectivity index (χ3n) is 4.82. The molecule has 0 saturated carbocycles. The predicted octanol–water partition coefficient (Wildman–Crippen LogP) is 3.31. The van der Waals surface area contributed by atoms with Gasteiger partial charge >= 0.3 is 0 Å². The Hall–Kier alpha value is -3.26. The Morgan fingerprint density at radius 2 is 1.86 bits per heavy atom. The fraction of sp³-hybridized carbons (Fsp3) is 0.150. The van der Waals surface area contributed by atoms with Gasteiger partial charge in [0.2, 0.25) is 6.79 Å². The van der Waals surface area contributed by atoms with E-state index in [0.29, 0.717) is 17.2 Å². The van der Waals surface area contributed by atoms with Gasteiger partial charge in [-0.2, -0.15) is 0 Å². The van der Waals surface area contributed by atoms with E-state index >= 15 is 0 Å². The second-order valence-electron chi connectivity index (χ2n) is 6.56. The molecule has 0 saturated heterocycles. The molecule has 2 aliphatic heterocycles. The maximum Gasteiger partial charge on any atom is 0.262 e. The highest BCUT2D eigenvalue weighted by Gasteiger charge is 2.22. The first-order valence-corrected chi connectivity index (χ1v) is 10.3. The van der Waals surface area contributed by atoms with Gasteiger partial charge in [0, 0.05) is 18.3 Å². The monoisotopic (exact) mass is 395 g/mol. The van der Waals surface area contributed by atoms with Gasteiger partial charge in [-0.3, -0.25) is 4.72 Å². The van der Waals surface area contributed by atoms with E-state index in [9.17, 15) is 8.42 Å². The minimum Gasteiger partial charge on any atom is -0.454 e. The van der Waals surface area contributed by atoms with Crippen LogP contribution in [0.15, 0.2) is 65.7 Å². The van der Waals surface area contributed by atoms with Gasteiger partial charge in [-0.1, -0.05) is 18.2 Å². The summed E-state index contributed by atoms with van der Waals surface area (Å²) in [6.45, 7) is 0.950. The zero-order chi connectivity index (χ0) is 19.1. The lowest BCUT2D eigenvalue weighted by Crippen LogP contribution is -2.16. The summed E-state index contributed by atoms with van der Waals surface area (Å²) in [4.78, 5) is 6.69. The molecule has 3 aromatic rings. The number of fused-ring (bicyclic) bond motifs is 2. The fourth-order valence-electron chi connectivity index (χ4n) is 3.44. The number of anilines is 3. The molecule has 3 heterocycles. The molecular formula is C20H17N3O4S. The van der Waals surface area contributed by atoms with Crippen LogP contribution < -0.4 is 19.1 Å². The van der Waals surface area contributed by atoms with Gasteiger partial charge in [0.25, 0.3) is 10.0 Å². The molecule has 142 valence electrons. The lowest BCUT2D eigenvalue weighted by atomic mass is 10.2. The maximum absolute atomic E-state index is 12.7. The first-order chi connectivity index (χ1) is 13.6. The molecule has 0 unspecified atom stereocenters. The van der Waals surface area contributed by atoms with E-state index in [4.69, 9.17) is 9.47 Å². The van der Waals surface area contributed by atoms with Crippen molar-refractivity contribution in [2.45, 2.75) is 11.3 Å². The Kier molecular flexibility index (Phi) is 3.87. The smallest absolute Gasteiger partial charge is 0.262 e. The van der Waals surface area contributed by atoms with Crippen molar-refractivity contribution in [2.75, 3.05) is 23.0 Å². The topological polar surface area (TPSA) is 80.8 Å². The van der Waals surface area contributed by atoms with Gasteiger partial charge in [0.05, 0.1) is 16.8 Å². The van der Waals surface area contributed by atoms with Crippen molar-refractivity contribution in [1.82, 2.24) is 4.98 Å². The highest BCUT2D eigenvalue weighted by molar-refractivity contribution is 7.92. The van der Waals surface area contributed by atoms with E-state index in [1.165, 1.54) is 23.9 Å². The molecule has 5 rings (SSSR count). The summed E-state index contributed by atoms with van der Waals surface area (Å²) in [5, 5.41) is 0. The normalized spacial score (nSPS) is 14.8. The number of aromatic nitrogens is 1. The number of nitrogens with zero attached hydrogens (tertiary/aromatic N) is 2. The minimum absolute atomic E-state index is 0.0945. The lowest BCUT2D eigenvalue weighted by molar-refractivity contribution is 0.174. The van der Waals surface area contributed by atoms with E-state index in [-0.39, 0.29) is 11.7 Å². The molecule has 1 aromatic heterocycles. The second kappa shape index (κ2) is 6.42. The van der Waals surface area contributed by atoms with Gasteiger partial charge in [-0.15, -0.1) is 0 Å². The second-order valence-corrected chi connectivity index (χ2v) is 8.24. The summed E-state index contributed by atoms with van der Waals surface area (Å²) in [5.41, 5.74) is 2.83. The van der Waals surface area contributed by atoms with Gasteiger partial charge in [-0.05, 0) is 42.3 Å². The molecule has 0 spiro atoms. The van der Waals surface area contributed by atoms with Crippen LogP contribution in [-0.2, 0) is 16.4 Å². The van der Waals surface area contributed by atoms with E-state index < -0.39 is 10.0 Å². The molecule has 0 aliphatic carbocycles. The quantitative estimate of drug-likeness (QED) is 0.730. The predicted molar refractivity (Wildman–Crippen MR) is 105 cm³/mol. The van der Waals surface area contributed by atoms with E-state index in [2.05, 4.69) is 26.7 Å². The molecule has 2 aromatic carbocycles. The van der Waals surface area contributed by atoms with Crippen molar-refractivity contribution in [2.24, 2.45) is 0 Å². The van der Waals surface area contributed by atoms with Gasteiger partial charge < -0.3 is 14.4 Å². The number of hydrogen-bond donors (Lipinski definition) is 1. The average Bonchev–Trinajstić information content (AvgIpc) is 3.34. The van der Waals surface area contributed by atoms with Crippen LogP contribution in [0.25, 0.3) is 0 Å². The van der Waals surface area contributed by atoms with E-state index in [1.54, 1.807) is 12.1 Å². The van der Waals surface area contributed by atoms with Crippen LogP contribution in [0.3, 0.4) is 0 Å². The molecule has 0 bridgehead atoms. The summed E-state index contributed by atoms with van der Waals surface area (Å²) in [7, 11) is -3.75. The number of hydrogen-bond acceptors (Lipinski definition) is 6. The van der Waals surface area contributed by atoms with Gasteiger partial charge in [0.1, 0.15) is 5.82 Å². The Balaban J connectivity index is 1.37. The zero-order valence-corrected chi connectivity index (χ0v) is 15.6. The molecule has 1 N–H and O–H groups in total. The Labute approximate surface area is 162 Å². The molecule has 0 radical (unpaired) electrons. The molecule has 28 heavy (non-hydrogen) atoms. The minimum atomic E-state index is -3.75. The summed E-state index contributed by atoms with van der Waals surface area (Å²) in [6.07, 6.45) is 2.50. The van der Waals surface area contributed by atoms with Gasteiger partial charge in [-0.25, -0.2) is 13.4 Å². The molecule has 0 fully saturated rings. The highest BCUT2D eigenvalue weighted by Crippen LogP contribution is 2.35. The maximum atomic E-state index is 12.7. The van der Waals surface area contributed by atoms with Crippen LogP contribution in [0.2, 0.25) is 0 Å². The Morgan fingerprint density at radius 3 is 2.71 bits per heavy atom. The summed E-state index contributed by atoms with van der Waals surface area (Å²) in [6, 6.07) is 16.3. The van der Waals surface area contributed by atoms with Crippen molar-refractivity contribution in [3.05, 3.63) is 66.4 Å². The molecule has 0 atom stereocenters. The average molecular weight is 395 g/mol. The van der Waals surface area contributed by atoms with Gasteiger partial charge in [0.15, 0.2) is 11.5 Å². The van der Waals surface area contributed by atoms with E-state index in [0.717, 1.165) is 24.5 Å². The number of nitrogens with one attached hydrogen (secondary N) is 1. The van der Waals surface area contributed by atoms with Crippen molar-refractivity contribution in [1.29, 1.82) is 0 Å². The number of para-hydroxylation sites is 1. The third-order valence-corrected chi connectivity index (χ3v) is 6.20. The SMILES string of the molecule is O=S(=O)(Nc1ccc(N2CCc3ccccc32)nc1)c1ccc2c(c1)OCO2. The fourth-order valence-corrected chi connectivity index (χ4v) is 4.50. The van der Waals surface area contributed by atoms with Crippen LogP contribution >= 0.6 is 0 Å². The Morgan fingerprint density at radius 1 is 1.00 bits per heavy atom. The molecule has 8 heteroatoms. The lowest BCUT2D eigenvalue weighted by Gasteiger charge is -2.18. The van der Waals surface area contributed by atoms with Crippen LogP contribution in [0, 0.1) is 0 Å². The first-order valence-electron chi connectivity index (χ1n) is 8.84. The molecule has 2 aliphatic rings. The number of ether oxygens (including phenoxy) is 2. The van der Waals surface area contributed by atoms with Crippen molar-refractivity contribution < 1.29 is 17.9 Å². The van der Waals surface area contributed by atoms with Crippen LogP contribution in [0.5, 0.6) is 11.5 Å². The highest BCUT2D eigenvalue weighted by atomic mass is 32.2. The van der Waals surface area contributed by atoms with E-state index in [1.807, 2.05) is 18.2 Å².